The summed E-state index contributed by atoms with van der Waals surface area (Å²) in [7, 11) is 0. The number of allylic oxidation sites excluding steroid dienone is 4. The Kier molecular flexibility index (Phi) is 10.8. The molecular weight excluding hydrogens is 288 g/mol. The molecule has 0 spiro atoms. The van der Waals surface area contributed by atoms with Gasteiger partial charge in [-0.3, -0.25) is 0 Å². The summed E-state index contributed by atoms with van der Waals surface area (Å²) in [5.74, 6) is 0. The maximum atomic E-state index is 10.3. The lowest BCUT2D eigenvalue weighted by atomic mass is 9.97. The molecule has 0 radical (unpaired) electrons. The van der Waals surface area contributed by atoms with Crippen LogP contribution in [-0.4, -0.2) is 33.6 Å². The lowest BCUT2D eigenvalue weighted by Gasteiger charge is -2.18. The highest BCUT2D eigenvalue weighted by Gasteiger charge is 2.15. The quantitative estimate of drug-likeness (QED) is 0.531. The Bertz CT molecular complexity index is 450. The molecule has 0 aromatic rings. The van der Waals surface area contributed by atoms with E-state index < -0.39 is 11.7 Å². The van der Waals surface area contributed by atoms with Gasteiger partial charge < -0.3 is 15.3 Å². The third-order valence-corrected chi connectivity index (χ3v) is 3.75. The van der Waals surface area contributed by atoms with Crippen molar-refractivity contribution in [3.05, 3.63) is 47.1 Å². The summed E-state index contributed by atoms with van der Waals surface area (Å²) in [6.45, 7) is 9.76. The van der Waals surface area contributed by atoms with Gasteiger partial charge in [0, 0.05) is 0 Å². The Labute approximate surface area is 141 Å². The van der Waals surface area contributed by atoms with Crippen molar-refractivity contribution in [2.24, 2.45) is 0 Å². The Morgan fingerprint density at radius 1 is 1.09 bits per heavy atom. The van der Waals surface area contributed by atoms with Gasteiger partial charge in [0.15, 0.2) is 0 Å². The summed E-state index contributed by atoms with van der Waals surface area (Å²) >= 11 is 0. The SMILES string of the molecule is CC(C)=CC[C@@H](O)/C(C)=C/CCC(C)(O)/C=C/C/C(C)=C/CO. The molecule has 0 rings (SSSR count). The van der Waals surface area contributed by atoms with E-state index >= 15 is 0 Å². The maximum absolute atomic E-state index is 10.3. The normalized spacial score (nSPS) is 17.2. The Balaban J connectivity index is 4.36. The smallest absolute Gasteiger partial charge is 0.0802 e. The summed E-state index contributed by atoms with van der Waals surface area (Å²) < 4.78 is 0. The molecule has 0 bridgehead atoms. The van der Waals surface area contributed by atoms with Crippen LogP contribution < -0.4 is 0 Å². The van der Waals surface area contributed by atoms with E-state index in [2.05, 4.69) is 0 Å². The number of aliphatic hydroxyl groups is 3. The van der Waals surface area contributed by atoms with Gasteiger partial charge in [0.25, 0.3) is 0 Å². The predicted octanol–water partition coefficient (Wildman–Crippen LogP) is 4.07. The fraction of sp³-hybridized carbons (Fsp3) is 0.600. The van der Waals surface area contributed by atoms with Crippen LogP contribution in [0.5, 0.6) is 0 Å². The topological polar surface area (TPSA) is 60.7 Å². The van der Waals surface area contributed by atoms with Gasteiger partial charge in [-0.2, -0.15) is 0 Å². The molecule has 0 saturated carbocycles. The largest absolute Gasteiger partial charge is 0.392 e. The maximum Gasteiger partial charge on any atom is 0.0802 e. The minimum absolute atomic E-state index is 0.0508. The van der Waals surface area contributed by atoms with Crippen LogP contribution in [0.2, 0.25) is 0 Å². The van der Waals surface area contributed by atoms with Crippen LogP contribution in [0.15, 0.2) is 47.1 Å². The van der Waals surface area contributed by atoms with Crippen molar-refractivity contribution in [1.29, 1.82) is 0 Å². The van der Waals surface area contributed by atoms with Gasteiger partial charge in [0.05, 0.1) is 18.3 Å². The van der Waals surface area contributed by atoms with Gasteiger partial charge >= 0.3 is 0 Å². The first-order chi connectivity index (χ1) is 10.7. The van der Waals surface area contributed by atoms with Gasteiger partial charge in [-0.05, 0) is 65.9 Å². The van der Waals surface area contributed by atoms with Crippen molar-refractivity contribution in [2.45, 2.75) is 72.0 Å². The van der Waals surface area contributed by atoms with E-state index in [4.69, 9.17) is 5.11 Å². The molecule has 1 unspecified atom stereocenters. The Hall–Kier alpha value is -1.16. The van der Waals surface area contributed by atoms with E-state index in [0.717, 1.165) is 24.0 Å². The second kappa shape index (κ2) is 11.4. The molecule has 0 heterocycles. The van der Waals surface area contributed by atoms with E-state index in [1.165, 1.54) is 5.57 Å². The number of hydrogen-bond donors (Lipinski definition) is 3. The summed E-state index contributed by atoms with van der Waals surface area (Å²) in [5.41, 5.74) is 2.37. The monoisotopic (exact) mass is 322 g/mol. The first-order valence-corrected chi connectivity index (χ1v) is 8.32. The molecule has 0 aliphatic rings. The molecule has 132 valence electrons. The lowest BCUT2D eigenvalue weighted by Crippen LogP contribution is -2.20. The van der Waals surface area contributed by atoms with Crippen molar-refractivity contribution < 1.29 is 15.3 Å². The van der Waals surface area contributed by atoms with E-state index in [1.807, 2.05) is 52.0 Å². The second-order valence-corrected chi connectivity index (χ2v) is 6.72. The minimum atomic E-state index is -0.860. The van der Waals surface area contributed by atoms with Gasteiger partial charge in [-0.15, -0.1) is 0 Å². The zero-order valence-electron chi connectivity index (χ0n) is 15.3. The van der Waals surface area contributed by atoms with Gasteiger partial charge in [0.2, 0.25) is 0 Å². The molecule has 2 atom stereocenters. The molecule has 3 nitrogen and oxygen atoms in total. The molecular formula is C20H34O3. The standard InChI is InChI=1S/C20H34O3/c1-16(2)10-11-19(22)18(4)9-7-14-20(5,23)13-6-8-17(3)12-15-21/h6,9-10,12-13,19,21-23H,7-8,11,14-15H2,1-5H3/b13-6+,17-12+,18-9+/t19-,20?/m1/s1. The van der Waals surface area contributed by atoms with Crippen molar-refractivity contribution >= 4 is 0 Å². The van der Waals surface area contributed by atoms with E-state index in [1.54, 1.807) is 13.0 Å². The molecule has 0 aliphatic heterocycles. The van der Waals surface area contributed by atoms with Crippen molar-refractivity contribution in [3.63, 3.8) is 0 Å². The third-order valence-electron chi connectivity index (χ3n) is 3.75. The highest BCUT2D eigenvalue weighted by Crippen LogP contribution is 2.17. The summed E-state index contributed by atoms with van der Waals surface area (Å²) in [4.78, 5) is 0. The van der Waals surface area contributed by atoms with Crippen molar-refractivity contribution in [3.8, 4) is 0 Å². The van der Waals surface area contributed by atoms with Gasteiger partial charge in [-0.25, -0.2) is 0 Å². The predicted molar refractivity (Wildman–Crippen MR) is 98.3 cm³/mol. The number of rotatable bonds is 10. The average Bonchev–Trinajstić information content (AvgIpc) is 2.44. The van der Waals surface area contributed by atoms with Crippen LogP contribution in [-0.2, 0) is 0 Å². The number of aliphatic hydroxyl groups excluding tert-OH is 2. The first kappa shape index (κ1) is 21.8. The van der Waals surface area contributed by atoms with Gasteiger partial charge in [0.1, 0.15) is 0 Å². The van der Waals surface area contributed by atoms with Crippen LogP contribution >= 0.6 is 0 Å². The number of hydrogen-bond acceptors (Lipinski definition) is 3. The molecule has 0 fully saturated rings. The van der Waals surface area contributed by atoms with Crippen LogP contribution in [0.4, 0.5) is 0 Å². The highest BCUT2D eigenvalue weighted by molar-refractivity contribution is 5.11. The molecule has 23 heavy (non-hydrogen) atoms. The van der Waals surface area contributed by atoms with Crippen LogP contribution in [0.25, 0.3) is 0 Å². The highest BCUT2D eigenvalue weighted by atomic mass is 16.3. The lowest BCUT2D eigenvalue weighted by molar-refractivity contribution is 0.102. The summed E-state index contributed by atoms with van der Waals surface area (Å²) in [6, 6.07) is 0. The summed E-state index contributed by atoms with van der Waals surface area (Å²) in [6.07, 6.45) is 11.8. The van der Waals surface area contributed by atoms with E-state index in [0.29, 0.717) is 12.8 Å². The molecule has 0 aliphatic carbocycles. The molecule has 0 saturated heterocycles. The Morgan fingerprint density at radius 2 is 1.74 bits per heavy atom. The molecule has 0 aromatic heterocycles. The minimum Gasteiger partial charge on any atom is -0.392 e. The zero-order valence-corrected chi connectivity index (χ0v) is 15.3. The molecule has 0 amide bonds. The zero-order chi connectivity index (χ0) is 17.9. The molecule has 0 aromatic carbocycles. The first-order valence-electron chi connectivity index (χ1n) is 8.32. The second-order valence-electron chi connectivity index (χ2n) is 6.72. The van der Waals surface area contributed by atoms with Crippen LogP contribution in [0.1, 0.15) is 60.3 Å². The Morgan fingerprint density at radius 3 is 2.30 bits per heavy atom. The van der Waals surface area contributed by atoms with Crippen LogP contribution in [0.3, 0.4) is 0 Å². The average molecular weight is 322 g/mol. The molecule has 3 N–H and O–H groups in total. The van der Waals surface area contributed by atoms with Gasteiger partial charge in [-0.1, -0.05) is 41.5 Å². The fourth-order valence-corrected chi connectivity index (χ4v) is 2.08. The van der Waals surface area contributed by atoms with Crippen LogP contribution in [0, 0.1) is 0 Å². The van der Waals surface area contributed by atoms with E-state index in [9.17, 15) is 10.2 Å². The van der Waals surface area contributed by atoms with Crippen molar-refractivity contribution in [2.75, 3.05) is 6.61 Å². The summed E-state index contributed by atoms with van der Waals surface area (Å²) in [5, 5.41) is 29.2. The fourth-order valence-electron chi connectivity index (χ4n) is 2.08. The molecule has 3 heteroatoms. The van der Waals surface area contributed by atoms with E-state index in [-0.39, 0.29) is 6.61 Å². The third kappa shape index (κ3) is 12.0. The van der Waals surface area contributed by atoms with Crippen molar-refractivity contribution in [1.82, 2.24) is 0 Å².